The zero-order valence-corrected chi connectivity index (χ0v) is 12.9. The van der Waals surface area contributed by atoms with Crippen LogP contribution in [-0.2, 0) is 0 Å². The molecular formula is C14H19BrN4. The monoisotopic (exact) mass is 322 g/mol. The van der Waals surface area contributed by atoms with Crippen molar-refractivity contribution in [3.8, 4) is 0 Å². The molecule has 1 N–H and O–H groups in total. The van der Waals surface area contributed by atoms with E-state index in [4.69, 9.17) is 0 Å². The molecule has 0 saturated carbocycles. The lowest BCUT2D eigenvalue weighted by atomic mass is 10.3. The number of halogens is 1. The quantitative estimate of drug-likeness (QED) is 0.887. The van der Waals surface area contributed by atoms with Crippen LogP contribution in [0.25, 0.3) is 11.0 Å². The van der Waals surface area contributed by atoms with E-state index in [-0.39, 0.29) is 0 Å². The lowest BCUT2D eigenvalue weighted by Gasteiger charge is -2.18. The van der Waals surface area contributed by atoms with Crippen LogP contribution in [0.1, 0.15) is 13.8 Å². The molecule has 0 atom stereocenters. The van der Waals surface area contributed by atoms with Crippen molar-refractivity contribution in [3.05, 3.63) is 29.0 Å². The summed E-state index contributed by atoms with van der Waals surface area (Å²) in [4.78, 5) is 11.2. The van der Waals surface area contributed by atoms with E-state index in [1.807, 2.05) is 18.3 Å². The normalized spacial score (nSPS) is 11.2. The van der Waals surface area contributed by atoms with Crippen LogP contribution in [0.2, 0.25) is 0 Å². The van der Waals surface area contributed by atoms with Gasteiger partial charge in [0, 0.05) is 30.0 Å². The Balaban J connectivity index is 2.08. The van der Waals surface area contributed by atoms with Gasteiger partial charge in [-0.15, -0.1) is 0 Å². The second-order valence-electron chi connectivity index (χ2n) is 4.33. The summed E-state index contributed by atoms with van der Waals surface area (Å²) in [6.07, 6.45) is 3.62. The van der Waals surface area contributed by atoms with E-state index in [2.05, 4.69) is 50.0 Å². The van der Waals surface area contributed by atoms with Gasteiger partial charge in [0.2, 0.25) is 0 Å². The smallest absolute Gasteiger partial charge is 0.112 e. The number of likely N-dealkylation sites (N-methyl/N-ethyl adjacent to an activating group) is 1. The number of rotatable bonds is 6. The Morgan fingerprint density at radius 2 is 2.05 bits per heavy atom. The molecule has 0 aliphatic carbocycles. The second-order valence-corrected chi connectivity index (χ2v) is 5.25. The fourth-order valence-corrected chi connectivity index (χ4v) is 2.36. The topological polar surface area (TPSA) is 41.0 Å². The highest BCUT2D eigenvalue weighted by molar-refractivity contribution is 9.10. The van der Waals surface area contributed by atoms with Crippen molar-refractivity contribution in [1.29, 1.82) is 0 Å². The average molecular weight is 323 g/mol. The van der Waals surface area contributed by atoms with Crippen LogP contribution in [-0.4, -0.2) is 41.0 Å². The Kier molecular flexibility index (Phi) is 5.10. The molecule has 2 rings (SSSR count). The summed E-state index contributed by atoms with van der Waals surface area (Å²) in [6.45, 7) is 8.49. The van der Waals surface area contributed by atoms with Gasteiger partial charge >= 0.3 is 0 Å². The van der Waals surface area contributed by atoms with Crippen LogP contribution in [0.5, 0.6) is 0 Å². The molecule has 5 heteroatoms. The van der Waals surface area contributed by atoms with E-state index >= 15 is 0 Å². The molecule has 102 valence electrons. The first-order chi connectivity index (χ1) is 9.24. The number of hydrogen-bond donors (Lipinski definition) is 1. The van der Waals surface area contributed by atoms with Crippen molar-refractivity contribution < 1.29 is 0 Å². The molecule has 0 bridgehead atoms. The Bertz CT molecular complexity index is 540. The SMILES string of the molecule is CCN(CC)CCNc1ccnc2cc(Br)cnc12. The Hall–Kier alpha value is -1.20. The van der Waals surface area contributed by atoms with Gasteiger partial charge in [-0.05, 0) is 41.2 Å². The molecule has 0 saturated heterocycles. The predicted molar refractivity (Wildman–Crippen MR) is 83.5 cm³/mol. The highest BCUT2D eigenvalue weighted by Crippen LogP contribution is 2.21. The largest absolute Gasteiger partial charge is 0.382 e. The van der Waals surface area contributed by atoms with Crippen LogP contribution in [0.3, 0.4) is 0 Å². The highest BCUT2D eigenvalue weighted by Gasteiger charge is 2.04. The number of nitrogens with one attached hydrogen (secondary N) is 1. The zero-order valence-electron chi connectivity index (χ0n) is 11.4. The molecule has 0 unspecified atom stereocenters. The molecule has 0 aliphatic heterocycles. The van der Waals surface area contributed by atoms with Gasteiger partial charge in [-0.25, -0.2) is 0 Å². The fraction of sp³-hybridized carbons (Fsp3) is 0.429. The van der Waals surface area contributed by atoms with Gasteiger partial charge in [0.25, 0.3) is 0 Å². The van der Waals surface area contributed by atoms with E-state index in [0.29, 0.717) is 0 Å². The molecule has 0 radical (unpaired) electrons. The van der Waals surface area contributed by atoms with Crippen LogP contribution >= 0.6 is 15.9 Å². The molecule has 4 nitrogen and oxygen atoms in total. The molecule has 0 fully saturated rings. The number of pyridine rings is 2. The summed E-state index contributed by atoms with van der Waals surface area (Å²) in [5.74, 6) is 0. The summed E-state index contributed by atoms with van der Waals surface area (Å²) in [5, 5.41) is 3.45. The molecule has 2 aromatic rings. The second kappa shape index (κ2) is 6.82. The number of aromatic nitrogens is 2. The van der Waals surface area contributed by atoms with Gasteiger partial charge in [0.15, 0.2) is 0 Å². The summed E-state index contributed by atoms with van der Waals surface area (Å²) >= 11 is 3.42. The molecule has 19 heavy (non-hydrogen) atoms. The minimum absolute atomic E-state index is 0.905. The fourth-order valence-electron chi connectivity index (χ4n) is 2.04. The third kappa shape index (κ3) is 3.64. The van der Waals surface area contributed by atoms with Gasteiger partial charge < -0.3 is 10.2 Å². The van der Waals surface area contributed by atoms with Crippen LogP contribution in [0.4, 0.5) is 5.69 Å². The Labute approximate surface area is 122 Å². The molecule has 2 heterocycles. The molecule has 0 aliphatic rings. The standard InChI is InChI=1S/C14H19BrN4/c1-3-19(4-2)8-7-17-12-5-6-16-13-9-11(15)10-18-14(12)13/h5-6,9-10H,3-4,7-8H2,1-2H3,(H,16,17). The minimum atomic E-state index is 0.905. The maximum absolute atomic E-state index is 4.43. The first kappa shape index (κ1) is 14.2. The van der Waals surface area contributed by atoms with E-state index < -0.39 is 0 Å². The summed E-state index contributed by atoms with van der Waals surface area (Å²) < 4.78 is 0.952. The maximum Gasteiger partial charge on any atom is 0.112 e. The molecular weight excluding hydrogens is 304 g/mol. The van der Waals surface area contributed by atoms with Crippen molar-refractivity contribution in [1.82, 2.24) is 14.9 Å². The lowest BCUT2D eigenvalue weighted by Crippen LogP contribution is -2.28. The first-order valence-electron chi connectivity index (χ1n) is 6.61. The predicted octanol–water partition coefficient (Wildman–Crippen LogP) is 3.15. The number of nitrogens with zero attached hydrogens (tertiary/aromatic N) is 3. The summed E-state index contributed by atoms with van der Waals surface area (Å²) in [7, 11) is 0. The zero-order chi connectivity index (χ0) is 13.7. The molecule has 2 aromatic heterocycles. The lowest BCUT2D eigenvalue weighted by molar-refractivity contribution is 0.316. The summed E-state index contributed by atoms with van der Waals surface area (Å²) in [6, 6.07) is 3.96. The van der Waals surface area contributed by atoms with Gasteiger partial charge in [0.1, 0.15) is 5.52 Å². The minimum Gasteiger partial charge on any atom is -0.382 e. The van der Waals surface area contributed by atoms with Crippen molar-refractivity contribution >= 4 is 32.7 Å². The summed E-state index contributed by atoms with van der Waals surface area (Å²) in [5.41, 5.74) is 2.87. The van der Waals surface area contributed by atoms with Crippen molar-refractivity contribution in [3.63, 3.8) is 0 Å². The molecule has 0 amide bonds. The van der Waals surface area contributed by atoms with Gasteiger partial charge in [-0.3, -0.25) is 9.97 Å². The van der Waals surface area contributed by atoms with Crippen LogP contribution < -0.4 is 5.32 Å². The van der Waals surface area contributed by atoms with Crippen molar-refractivity contribution in [2.24, 2.45) is 0 Å². The van der Waals surface area contributed by atoms with E-state index in [0.717, 1.165) is 47.4 Å². The Morgan fingerprint density at radius 3 is 2.79 bits per heavy atom. The van der Waals surface area contributed by atoms with E-state index in [1.165, 1.54) is 0 Å². The number of fused-ring (bicyclic) bond motifs is 1. The van der Waals surface area contributed by atoms with Crippen molar-refractivity contribution in [2.75, 3.05) is 31.5 Å². The van der Waals surface area contributed by atoms with Gasteiger partial charge in [-0.1, -0.05) is 13.8 Å². The van der Waals surface area contributed by atoms with E-state index in [9.17, 15) is 0 Å². The van der Waals surface area contributed by atoms with E-state index in [1.54, 1.807) is 6.20 Å². The Morgan fingerprint density at radius 1 is 1.26 bits per heavy atom. The molecule has 0 spiro atoms. The highest BCUT2D eigenvalue weighted by atomic mass is 79.9. The van der Waals surface area contributed by atoms with Gasteiger partial charge in [0.05, 0.1) is 11.2 Å². The third-order valence-electron chi connectivity index (χ3n) is 3.18. The maximum atomic E-state index is 4.43. The third-order valence-corrected chi connectivity index (χ3v) is 3.62. The number of hydrogen-bond acceptors (Lipinski definition) is 4. The van der Waals surface area contributed by atoms with Gasteiger partial charge in [-0.2, -0.15) is 0 Å². The first-order valence-corrected chi connectivity index (χ1v) is 7.40. The van der Waals surface area contributed by atoms with Crippen LogP contribution in [0.15, 0.2) is 29.0 Å². The van der Waals surface area contributed by atoms with Crippen LogP contribution in [0, 0.1) is 0 Å². The average Bonchev–Trinajstić information content (AvgIpc) is 2.43. The van der Waals surface area contributed by atoms with Crippen molar-refractivity contribution in [2.45, 2.75) is 13.8 Å². The number of anilines is 1. The molecule has 0 aromatic carbocycles.